The van der Waals surface area contributed by atoms with Crippen LogP contribution in [0.4, 0.5) is 5.13 Å². The maximum atomic E-state index is 12.4. The molecule has 4 rings (SSSR count). The highest BCUT2D eigenvalue weighted by Crippen LogP contribution is 2.31. The second-order valence-electron chi connectivity index (χ2n) is 5.28. The smallest absolute Gasteiger partial charge is 0.257 e. The maximum absolute atomic E-state index is 12.4. The Morgan fingerprint density at radius 2 is 2.12 bits per heavy atom. The van der Waals surface area contributed by atoms with Crippen LogP contribution in [0.25, 0.3) is 21.7 Å². The minimum absolute atomic E-state index is 0.236. The molecule has 0 unspecified atom stereocenters. The van der Waals surface area contributed by atoms with E-state index in [0.717, 1.165) is 16.4 Å². The summed E-state index contributed by atoms with van der Waals surface area (Å²) in [5.41, 5.74) is 2.69. The Bertz CT molecular complexity index is 1050. The van der Waals surface area contributed by atoms with Crippen LogP contribution < -0.4 is 5.32 Å². The van der Waals surface area contributed by atoms with E-state index < -0.39 is 0 Å². The van der Waals surface area contributed by atoms with Gasteiger partial charge in [0.05, 0.1) is 10.6 Å². The molecule has 3 heterocycles. The molecule has 0 atom stereocenters. The number of nitrogens with zero attached hydrogens (tertiary/aromatic N) is 5. The van der Waals surface area contributed by atoms with Gasteiger partial charge in [0, 0.05) is 25.0 Å². The van der Waals surface area contributed by atoms with Gasteiger partial charge >= 0.3 is 0 Å². The molecule has 0 saturated carbocycles. The van der Waals surface area contributed by atoms with Crippen LogP contribution in [0, 0.1) is 6.92 Å². The zero-order valence-corrected chi connectivity index (χ0v) is 13.8. The number of rotatable bonds is 3. The monoisotopic (exact) mass is 339 g/mol. The van der Waals surface area contributed by atoms with E-state index in [1.165, 1.54) is 11.3 Å². The number of amides is 1. The molecule has 0 aliphatic carbocycles. The number of carbonyl (C=O) groups is 1. The molecule has 0 fully saturated rings. The Balaban J connectivity index is 1.61. The Morgan fingerprint density at radius 3 is 2.92 bits per heavy atom. The molecule has 1 aromatic carbocycles. The van der Waals surface area contributed by atoms with E-state index in [-0.39, 0.29) is 5.91 Å². The number of hydrogen-bond acceptors (Lipinski definition) is 6. The predicted octanol–water partition coefficient (Wildman–Crippen LogP) is 2.38. The summed E-state index contributed by atoms with van der Waals surface area (Å²) >= 11 is 1.40. The molecule has 9 heteroatoms. The maximum Gasteiger partial charge on any atom is 0.257 e. The minimum Gasteiger partial charge on any atom is -0.333 e. The first-order valence-corrected chi connectivity index (χ1v) is 8.00. The van der Waals surface area contributed by atoms with Gasteiger partial charge in [-0.2, -0.15) is 15.4 Å². The lowest BCUT2D eigenvalue weighted by Crippen LogP contribution is -2.11. The van der Waals surface area contributed by atoms with Gasteiger partial charge in [-0.15, -0.1) is 0 Å². The van der Waals surface area contributed by atoms with Crippen LogP contribution in [0.1, 0.15) is 16.1 Å². The third kappa shape index (κ3) is 2.44. The zero-order valence-electron chi connectivity index (χ0n) is 12.9. The van der Waals surface area contributed by atoms with Crippen molar-refractivity contribution >= 4 is 33.4 Å². The van der Waals surface area contributed by atoms with Crippen molar-refractivity contribution in [2.24, 2.45) is 7.05 Å². The lowest BCUT2D eigenvalue weighted by Gasteiger charge is -2.01. The fraction of sp³-hybridized carbons (Fsp3) is 0.133. The van der Waals surface area contributed by atoms with Gasteiger partial charge < -0.3 is 4.57 Å². The average Bonchev–Trinajstić information content (AvgIpc) is 3.26. The molecule has 0 saturated heterocycles. The van der Waals surface area contributed by atoms with Crippen LogP contribution >= 0.6 is 11.3 Å². The van der Waals surface area contributed by atoms with Gasteiger partial charge in [-0.3, -0.25) is 10.1 Å². The molecule has 3 aromatic heterocycles. The van der Waals surface area contributed by atoms with Crippen LogP contribution in [-0.2, 0) is 7.05 Å². The van der Waals surface area contributed by atoms with Crippen molar-refractivity contribution < 1.29 is 4.79 Å². The molecule has 8 nitrogen and oxygen atoms in total. The van der Waals surface area contributed by atoms with Crippen molar-refractivity contribution in [2.75, 3.05) is 5.32 Å². The normalized spacial score (nSPS) is 11.1. The van der Waals surface area contributed by atoms with Gasteiger partial charge in [-0.1, -0.05) is 11.3 Å². The number of aromatic amines is 1. The van der Waals surface area contributed by atoms with Crippen molar-refractivity contribution in [3.05, 3.63) is 41.9 Å². The number of imidazole rings is 1. The number of carbonyl (C=O) groups excluding carboxylic acids is 1. The van der Waals surface area contributed by atoms with E-state index in [1.807, 2.05) is 24.7 Å². The van der Waals surface area contributed by atoms with Crippen LogP contribution in [0.2, 0.25) is 0 Å². The van der Waals surface area contributed by atoms with Crippen LogP contribution in [0.15, 0.2) is 30.6 Å². The van der Waals surface area contributed by atoms with Gasteiger partial charge in [-0.25, -0.2) is 9.97 Å². The van der Waals surface area contributed by atoms with E-state index in [0.29, 0.717) is 21.7 Å². The lowest BCUT2D eigenvalue weighted by molar-refractivity contribution is 0.102. The second kappa shape index (κ2) is 5.53. The number of hydrogen-bond donors (Lipinski definition) is 2. The highest BCUT2D eigenvalue weighted by molar-refractivity contribution is 7.19. The zero-order chi connectivity index (χ0) is 16.7. The Labute approximate surface area is 140 Å². The number of benzene rings is 1. The van der Waals surface area contributed by atoms with Gasteiger partial charge in [0.25, 0.3) is 5.91 Å². The first-order valence-electron chi connectivity index (χ1n) is 7.19. The summed E-state index contributed by atoms with van der Waals surface area (Å²) in [6, 6.07) is 5.15. The largest absolute Gasteiger partial charge is 0.333 e. The van der Waals surface area contributed by atoms with Gasteiger partial charge in [0.1, 0.15) is 11.0 Å². The van der Waals surface area contributed by atoms with E-state index in [2.05, 4.69) is 30.7 Å². The fourth-order valence-electron chi connectivity index (χ4n) is 2.39. The second-order valence-corrected chi connectivity index (χ2v) is 6.28. The molecule has 0 bridgehead atoms. The fourth-order valence-corrected chi connectivity index (χ4v) is 3.39. The van der Waals surface area contributed by atoms with E-state index in [1.54, 1.807) is 24.4 Å². The highest BCUT2D eigenvalue weighted by atomic mass is 32.1. The van der Waals surface area contributed by atoms with Crippen molar-refractivity contribution in [3.8, 4) is 10.7 Å². The van der Waals surface area contributed by atoms with Crippen molar-refractivity contribution in [3.63, 3.8) is 0 Å². The third-order valence-electron chi connectivity index (χ3n) is 3.62. The van der Waals surface area contributed by atoms with E-state index in [4.69, 9.17) is 0 Å². The number of aromatic nitrogens is 6. The van der Waals surface area contributed by atoms with Gasteiger partial charge in [0.2, 0.25) is 0 Å². The molecule has 1 amide bonds. The SMILES string of the molecule is Cc1nc(NC(=O)c2ccc3n[nH]nc3c2)sc1-c1nccn1C. The molecule has 0 aliphatic heterocycles. The molecule has 2 N–H and O–H groups in total. The van der Waals surface area contributed by atoms with Gasteiger partial charge in [-0.05, 0) is 25.1 Å². The number of anilines is 1. The third-order valence-corrected chi connectivity index (χ3v) is 4.69. The molecular formula is C15H13N7OS. The summed E-state index contributed by atoms with van der Waals surface area (Å²) in [7, 11) is 1.92. The number of thiazole rings is 1. The molecule has 4 aromatic rings. The number of fused-ring (bicyclic) bond motifs is 1. The summed E-state index contributed by atoms with van der Waals surface area (Å²) in [4.78, 5) is 22.1. The Hall–Kier alpha value is -3.07. The molecule has 24 heavy (non-hydrogen) atoms. The Morgan fingerprint density at radius 1 is 1.29 bits per heavy atom. The predicted molar refractivity (Wildman–Crippen MR) is 90.9 cm³/mol. The molecular weight excluding hydrogens is 326 g/mol. The van der Waals surface area contributed by atoms with E-state index >= 15 is 0 Å². The van der Waals surface area contributed by atoms with Crippen LogP contribution in [0.5, 0.6) is 0 Å². The molecule has 0 radical (unpaired) electrons. The van der Waals surface area contributed by atoms with Crippen LogP contribution in [-0.4, -0.2) is 35.9 Å². The van der Waals surface area contributed by atoms with Crippen molar-refractivity contribution in [2.45, 2.75) is 6.92 Å². The topological polar surface area (TPSA) is 101 Å². The highest BCUT2D eigenvalue weighted by Gasteiger charge is 2.16. The van der Waals surface area contributed by atoms with Crippen molar-refractivity contribution in [1.82, 2.24) is 29.9 Å². The number of aryl methyl sites for hydroxylation is 2. The van der Waals surface area contributed by atoms with Crippen molar-refractivity contribution in [1.29, 1.82) is 0 Å². The Kier molecular flexibility index (Phi) is 3.35. The summed E-state index contributed by atoms with van der Waals surface area (Å²) in [5, 5.41) is 13.9. The van der Waals surface area contributed by atoms with Gasteiger partial charge in [0.15, 0.2) is 11.0 Å². The number of H-pyrrole nitrogens is 1. The van der Waals surface area contributed by atoms with Crippen LogP contribution in [0.3, 0.4) is 0 Å². The number of nitrogens with one attached hydrogen (secondary N) is 2. The summed E-state index contributed by atoms with van der Waals surface area (Å²) in [6.45, 7) is 1.90. The summed E-state index contributed by atoms with van der Waals surface area (Å²) < 4.78 is 1.92. The first-order chi connectivity index (χ1) is 11.6. The average molecular weight is 339 g/mol. The molecule has 120 valence electrons. The quantitative estimate of drug-likeness (QED) is 0.597. The lowest BCUT2D eigenvalue weighted by atomic mass is 10.2. The standard InChI is InChI=1S/C15H13N7OS/c1-8-12(13-16-5-6-22(13)2)24-15(17-8)18-14(23)9-3-4-10-11(7-9)20-21-19-10/h3-7H,1-2H3,(H,17,18,23)(H,19,20,21). The van der Waals surface area contributed by atoms with E-state index in [9.17, 15) is 4.79 Å². The minimum atomic E-state index is -0.236. The molecule has 0 spiro atoms. The molecule has 0 aliphatic rings. The first kappa shape index (κ1) is 14.5. The summed E-state index contributed by atoms with van der Waals surface area (Å²) in [5.74, 6) is 0.592. The summed E-state index contributed by atoms with van der Waals surface area (Å²) in [6.07, 6.45) is 3.61.